The zero-order valence-electron chi connectivity index (χ0n) is 3.53. The van der Waals surface area contributed by atoms with Crippen LogP contribution in [-0.4, -0.2) is 28.9 Å². The number of nitrogens with two attached hydrogens (primary N) is 1. The standard InChI is InChI=1S/CH3NO2.BH3O2/c2-1(3)4;2-1-3/h2H2,(H,3,4);1-3H. The van der Waals surface area contributed by atoms with E-state index < -0.39 is 13.8 Å². The summed E-state index contributed by atoms with van der Waals surface area (Å²) in [5.74, 6) is 0. The maximum Gasteiger partial charge on any atom is 0.432 e. The summed E-state index contributed by atoms with van der Waals surface area (Å²) in [5.41, 5.74) is 4.03. The monoisotopic (exact) mass is 107 g/mol. The smallest absolute Gasteiger partial charge is 0.432 e. The lowest BCUT2D eigenvalue weighted by Crippen LogP contribution is -2.03. The Morgan fingerprint density at radius 3 is 1.57 bits per heavy atom. The summed E-state index contributed by atoms with van der Waals surface area (Å²) in [6.45, 7) is 0. The average Bonchev–Trinajstić information content (AvgIpc) is 1.33. The Morgan fingerprint density at radius 1 is 1.57 bits per heavy atom. The molecule has 7 heavy (non-hydrogen) atoms. The molecule has 0 rings (SSSR count). The van der Waals surface area contributed by atoms with Gasteiger partial charge in [0.1, 0.15) is 0 Å². The first kappa shape index (κ1) is 9.54. The van der Waals surface area contributed by atoms with Gasteiger partial charge in [0.25, 0.3) is 0 Å². The van der Waals surface area contributed by atoms with Gasteiger partial charge in [-0.3, -0.25) is 0 Å². The molecule has 0 radical (unpaired) electrons. The molecular formula is CH6BNO4. The van der Waals surface area contributed by atoms with E-state index >= 15 is 0 Å². The van der Waals surface area contributed by atoms with Gasteiger partial charge in [-0.2, -0.15) is 0 Å². The topological polar surface area (TPSA) is 104 Å². The van der Waals surface area contributed by atoms with Gasteiger partial charge in [-0.05, 0) is 0 Å². The Balaban J connectivity index is 0. The van der Waals surface area contributed by atoms with Crippen molar-refractivity contribution in [1.82, 2.24) is 0 Å². The molecule has 1 amide bonds. The quantitative estimate of drug-likeness (QED) is 0.265. The molecule has 0 aromatic rings. The van der Waals surface area contributed by atoms with E-state index in [0.717, 1.165) is 0 Å². The first-order chi connectivity index (χ1) is 3.15. The van der Waals surface area contributed by atoms with Crippen molar-refractivity contribution in [3.05, 3.63) is 0 Å². The van der Waals surface area contributed by atoms with Gasteiger partial charge in [0, 0.05) is 0 Å². The summed E-state index contributed by atoms with van der Waals surface area (Å²) in [5, 5.41) is 21.4. The van der Waals surface area contributed by atoms with E-state index in [2.05, 4.69) is 5.73 Å². The molecule has 6 heteroatoms. The molecule has 0 bridgehead atoms. The van der Waals surface area contributed by atoms with Crippen LogP contribution in [0.15, 0.2) is 0 Å². The minimum Gasteiger partial charge on any atom is -0.465 e. The lowest BCUT2D eigenvalue weighted by atomic mass is 10.5. The molecule has 0 heterocycles. The van der Waals surface area contributed by atoms with Gasteiger partial charge in [0.05, 0.1) is 0 Å². The third-order valence-electron chi connectivity index (χ3n) is 0. The molecule has 42 valence electrons. The fourth-order valence-corrected chi connectivity index (χ4v) is 0. The van der Waals surface area contributed by atoms with Gasteiger partial charge in [-0.15, -0.1) is 0 Å². The molecule has 0 aromatic heterocycles. The Hall–Kier alpha value is -0.745. The summed E-state index contributed by atoms with van der Waals surface area (Å²) in [6.07, 6.45) is -1.33. The molecule has 0 spiro atoms. The number of hydrogen-bond acceptors (Lipinski definition) is 3. The fourth-order valence-electron chi connectivity index (χ4n) is 0. The van der Waals surface area contributed by atoms with Crippen LogP contribution in [0.2, 0.25) is 0 Å². The minimum atomic E-state index is -1.33. The number of primary amides is 1. The van der Waals surface area contributed by atoms with Crippen LogP contribution in [0.3, 0.4) is 0 Å². The highest BCUT2D eigenvalue weighted by atomic mass is 16.4. The predicted octanol–water partition coefficient (Wildman–Crippen LogP) is -2.14. The molecule has 0 fully saturated rings. The second kappa shape index (κ2) is 8.98. The third kappa shape index (κ3) is 100. The molecule has 0 saturated carbocycles. The molecule has 0 aliphatic heterocycles. The zero-order chi connectivity index (χ0) is 6.28. The lowest BCUT2D eigenvalue weighted by Gasteiger charge is -1.61. The number of amides is 1. The van der Waals surface area contributed by atoms with Crippen LogP contribution in [-0.2, 0) is 0 Å². The molecule has 5 N–H and O–H groups in total. The Bertz CT molecular complexity index is 43.0. The molecule has 0 aliphatic rings. The van der Waals surface area contributed by atoms with E-state index in [0.29, 0.717) is 0 Å². The fraction of sp³-hybridized carbons (Fsp3) is 0. The summed E-state index contributed by atoms with van der Waals surface area (Å²) in [6, 6.07) is 0. The molecular weight excluding hydrogens is 101 g/mol. The van der Waals surface area contributed by atoms with E-state index in [-0.39, 0.29) is 0 Å². The van der Waals surface area contributed by atoms with E-state index in [1.54, 1.807) is 0 Å². The van der Waals surface area contributed by atoms with Gasteiger partial charge in [-0.25, -0.2) is 4.79 Å². The van der Waals surface area contributed by atoms with Crippen molar-refractivity contribution >= 4 is 13.8 Å². The van der Waals surface area contributed by atoms with Gasteiger partial charge in [0.15, 0.2) is 0 Å². The second-order valence-electron chi connectivity index (χ2n) is 0.480. The summed E-state index contributed by atoms with van der Waals surface area (Å²) in [7, 11) is -0.750. The Morgan fingerprint density at radius 2 is 1.57 bits per heavy atom. The maximum atomic E-state index is 8.78. The number of hydrogen-bond donors (Lipinski definition) is 4. The zero-order valence-corrected chi connectivity index (χ0v) is 3.53. The molecule has 0 atom stereocenters. The highest BCUT2D eigenvalue weighted by molar-refractivity contribution is 6.13. The molecule has 0 saturated heterocycles. The molecule has 5 nitrogen and oxygen atoms in total. The van der Waals surface area contributed by atoms with Crippen molar-refractivity contribution in [1.29, 1.82) is 0 Å². The minimum absolute atomic E-state index is 0.750. The van der Waals surface area contributed by atoms with Crippen molar-refractivity contribution in [3.63, 3.8) is 0 Å². The highest BCUT2D eigenvalue weighted by Crippen LogP contribution is 1.34. The first-order valence-corrected chi connectivity index (χ1v) is 1.35. The summed E-state index contributed by atoms with van der Waals surface area (Å²) in [4.78, 5) is 8.78. The highest BCUT2D eigenvalue weighted by Gasteiger charge is 1.65. The van der Waals surface area contributed by atoms with Crippen LogP contribution >= 0.6 is 0 Å². The number of rotatable bonds is 0. The SMILES string of the molecule is NC(=O)O.OBO. The van der Waals surface area contributed by atoms with E-state index in [1.807, 2.05) is 0 Å². The van der Waals surface area contributed by atoms with Gasteiger partial charge in [0.2, 0.25) is 0 Å². The van der Waals surface area contributed by atoms with Crippen LogP contribution in [0.4, 0.5) is 4.79 Å². The van der Waals surface area contributed by atoms with Gasteiger partial charge >= 0.3 is 13.8 Å². The molecule has 0 aliphatic carbocycles. The third-order valence-corrected chi connectivity index (χ3v) is 0. The normalized spacial score (nSPS) is 5.43. The van der Waals surface area contributed by atoms with E-state index in [4.69, 9.17) is 19.9 Å². The molecule has 0 aromatic carbocycles. The average molecular weight is 107 g/mol. The largest absolute Gasteiger partial charge is 0.465 e. The first-order valence-electron chi connectivity index (χ1n) is 1.35. The van der Waals surface area contributed by atoms with Crippen molar-refractivity contribution in [2.24, 2.45) is 5.73 Å². The number of carbonyl (C=O) groups is 1. The van der Waals surface area contributed by atoms with Gasteiger partial charge < -0.3 is 20.9 Å². The van der Waals surface area contributed by atoms with Crippen molar-refractivity contribution in [2.45, 2.75) is 0 Å². The molecule has 0 unspecified atom stereocenters. The van der Waals surface area contributed by atoms with E-state index in [9.17, 15) is 0 Å². The maximum absolute atomic E-state index is 8.78. The Kier molecular flexibility index (Phi) is 12.2. The van der Waals surface area contributed by atoms with Crippen LogP contribution in [0.5, 0.6) is 0 Å². The Labute approximate surface area is 40.7 Å². The predicted molar refractivity (Wildman–Crippen MR) is 23.8 cm³/mol. The van der Waals surface area contributed by atoms with Crippen LogP contribution in [0, 0.1) is 0 Å². The van der Waals surface area contributed by atoms with Crippen molar-refractivity contribution in [2.75, 3.05) is 0 Å². The summed E-state index contributed by atoms with van der Waals surface area (Å²) >= 11 is 0. The summed E-state index contributed by atoms with van der Waals surface area (Å²) < 4.78 is 0. The van der Waals surface area contributed by atoms with Crippen molar-refractivity contribution in [3.8, 4) is 0 Å². The second-order valence-corrected chi connectivity index (χ2v) is 0.480. The van der Waals surface area contributed by atoms with Crippen LogP contribution in [0.25, 0.3) is 0 Å². The van der Waals surface area contributed by atoms with Crippen LogP contribution in [0.1, 0.15) is 0 Å². The van der Waals surface area contributed by atoms with Crippen molar-refractivity contribution < 1.29 is 19.9 Å². The lowest BCUT2D eigenvalue weighted by molar-refractivity contribution is 0.205. The van der Waals surface area contributed by atoms with E-state index in [1.165, 1.54) is 0 Å². The van der Waals surface area contributed by atoms with Gasteiger partial charge in [-0.1, -0.05) is 0 Å². The van der Waals surface area contributed by atoms with Crippen LogP contribution < -0.4 is 5.73 Å². The number of carboxylic acid groups (broad SMARTS) is 1.